The molecule has 2 N–H and O–H groups in total. The molecule has 1 heterocycles. The number of ether oxygens (including phenoxy) is 1. The van der Waals surface area contributed by atoms with Crippen LogP contribution in [0.15, 0.2) is 22.7 Å². The first kappa shape index (κ1) is 15.5. The SMILES string of the molecule is CCCCOC(=O)Cn1nc(C(N)=O)c2cc(Br)ccc21. The van der Waals surface area contributed by atoms with Gasteiger partial charge in [0.05, 0.1) is 12.1 Å². The molecule has 2 aromatic rings. The van der Waals surface area contributed by atoms with Crippen LogP contribution < -0.4 is 5.73 Å². The van der Waals surface area contributed by atoms with Gasteiger partial charge >= 0.3 is 5.97 Å². The number of carbonyl (C=O) groups is 2. The van der Waals surface area contributed by atoms with Crippen molar-refractivity contribution >= 4 is 38.7 Å². The number of nitrogens with zero attached hydrogens (tertiary/aromatic N) is 2. The lowest BCUT2D eigenvalue weighted by atomic mass is 10.2. The molecule has 0 radical (unpaired) electrons. The summed E-state index contributed by atoms with van der Waals surface area (Å²) in [5.41, 5.74) is 6.14. The molecule has 7 heteroatoms. The summed E-state index contributed by atoms with van der Waals surface area (Å²) in [5.74, 6) is -1.01. The Labute approximate surface area is 130 Å². The average molecular weight is 354 g/mol. The number of carbonyl (C=O) groups excluding carboxylic acids is 2. The molecule has 0 fully saturated rings. The quantitative estimate of drug-likeness (QED) is 0.637. The second-order valence-electron chi connectivity index (χ2n) is 4.61. The van der Waals surface area contributed by atoms with E-state index in [0.717, 1.165) is 17.3 Å². The molecule has 1 amide bonds. The van der Waals surface area contributed by atoms with E-state index in [1.165, 1.54) is 4.68 Å². The molecular weight excluding hydrogens is 338 g/mol. The molecule has 1 aromatic carbocycles. The van der Waals surface area contributed by atoms with E-state index in [2.05, 4.69) is 21.0 Å². The summed E-state index contributed by atoms with van der Waals surface area (Å²) in [6, 6.07) is 5.34. The highest BCUT2D eigenvalue weighted by atomic mass is 79.9. The van der Waals surface area contributed by atoms with E-state index in [4.69, 9.17) is 10.5 Å². The molecule has 0 bridgehead atoms. The molecule has 6 nitrogen and oxygen atoms in total. The van der Waals surface area contributed by atoms with Gasteiger partial charge in [0.2, 0.25) is 0 Å². The predicted octanol–water partition coefficient (Wildman–Crippen LogP) is 2.24. The standard InChI is InChI=1S/C14H16BrN3O3/c1-2-3-6-21-12(19)8-18-11-5-4-9(15)7-10(11)13(17-18)14(16)20/h4-5,7H,2-3,6,8H2,1H3,(H2,16,20). The first-order valence-corrected chi connectivity index (χ1v) is 7.43. The Morgan fingerprint density at radius 3 is 2.86 bits per heavy atom. The van der Waals surface area contributed by atoms with Crippen LogP contribution in [0.2, 0.25) is 0 Å². The van der Waals surface area contributed by atoms with Crippen molar-refractivity contribution < 1.29 is 14.3 Å². The van der Waals surface area contributed by atoms with Crippen molar-refractivity contribution in [1.82, 2.24) is 9.78 Å². The number of amides is 1. The summed E-state index contributed by atoms with van der Waals surface area (Å²) >= 11 is 3.34. The third-order valence-electron chi connectivity index (χ3n) is 2.99. The summed E-state index contributed by atoms with van der Waals surface area (Å²) < 4.78 is 7.35. The Balaban J connectivity index is 2.28. The van der Waals surface area contributed by atoms with Crippen molar-refractivity contribution in [3.63, 3.8) is 0 Å². The largest absolute Gasteiger partial charge is 0.464 e. The van der Waals surface area contributed by atoms with Gasteiger partial charge in [-0.1, -0.05) is 29.3 Å². The molecule has 0 aliphatic rings. The van der Waals surface area contributed by atoms with Crippen molar-refractivity contribution in [2.75, 3.05) is 6.61 Å². The Morgan fingerprint density at radius 2 is 2.19 bits per heavy atom. The zero-order valence-electron chi connectivity index (χ0n) is 11.6. The van der Waals surface area contributed by atoms with Crippen molar-refractivity contribution in [2.24, 2.45) is 5.73 Å². The van der Waals surface area contributed by atoms with E-state index in [1.807, 2.05) is 13.0 Å². The summed E-state index contributed by atoms with van der Waals surface area (Å²) in [5, 5.41) is 4.73. The van der Waals surface area contributed by atoms with Gasteiger partial charge in [-0.25, -0.2) is 0 Å². The average Bonchev–Trinajstić information content (AvgIpc) is 2.77. The summed E-state index contributed by atoms with van der Waals surface area (Å²) in [6.07, 6.45) is 1.78. The first-order chi connectivity index (χ1) is 10.0. The first-order valence-electron chi connectivity index (χ1n) is 6.64. The van der Waals surface area contributed by atoms with Gasteiger partial charge < -0.3 is 10.5 Å². The minimum absolute atomic E-state index is 0.0465. The lowest BCUT2D eigenvalue weighted by molar-refractivity contribution is -0.144. The predicted molar refractivity (Wildman–Crippen MR) is 81.8 cm³/mol. The number of halogens is 1. The van der Waals surface area contributed by atoms with Crippen LogP contribution in [0.1, 0.15) is 30.3 Å². The van der Waals surface area contributed by atoms with Crippen LogP contribution in [0.4, 0.5) is 0 Å². The molecule has 0 spiro atoms. The van der Waals surface area contributed by atoms with Crippen LogP contribution in [0.3, 0.4) is 0 Å². The fraction of sp³-hybridized carbons (Fsp3) is 0.357. The third-order valence-corrected chi connectivity index (χ3v) is 3.48. The molecule has 21 heavy (non-hydrogen) atoms. The van der Waals surface area contributed by atoms with E-state index in [-0.39, 0.29) is 18.2 Å². The number of esters is 1. The molecule has 0 atom stereocenters. The Hall–Kier alpha value is -1.89. The van der Waals surface area contributed by atoms with Gasteiger partial charge in [-0.15, -0.1) is 0 Å². The number of hydrogen-bond acceptors (Lipinski definition) is 4. The third kappa shape index (κ3) is 3.60. The number of hydrogen-bond donors (Lipinski definition) is 1. The molecule has 0 saturated carbocycles. The Morgan fingerprint density at radius 1 is 1.43 bits per heavy atom. The molecule has 112 valence electrons. The Bertz CT molecular complexity index is 681. The van der Waals surface area contributed by atoms with E-state index in [0.29, 0.717) is 17.5 Å². The maximum absolute atomic E-state index is 11.8. The molecule has 1 aromatic heterocycles. The van der Waals surface area contributed by atoms with Gasteiger partial charge in [0, 0.05) is 9.86 Å². The van der Waals surface area contributed by atoms with Gasteiger partial charge in [-0.05, 0) is 24.6 Å². The summed E-state index contributed by atoms with van der Waals surface area (Å²) in [7, 11) is 0. The van der Waals surface area contributed by atoms with Crippen LogP contribution in [0.5, 0.6) is 0 Å². The number of unbranched alkanes of at least 4 members (excludes halogenated alkanes) is 1. The highest BCUT2D eigenvalue weighted by molar-refractivity contribution is 9.10. The molecule has 0 aliphatic heterocycles. The number of fused-ring (bicyclic) bond motifs is 1. The monoisotopic (exact) mass is 353 g/mol. The molecule has 2 rings (SSSR count). The molecular formula is C14H16BrN3O3. The van der Waals surface area contributed by atoms with E-state index >= 15 is 0 Å². The van der Waals surface area contributed by atoms with Crippen molar-refractivity contribution in [2.45, 2.75) is 26.3 Å². The maximum atomic E-state index is 11.8. The van der Waals surface area contributed by atoms with Crippen LogP contribution in [0.25, 0.3) is 10.9 Å². The topological polar surface area (TPSA) is 87.2 Å². The van der Waals surface area contributed by atoms with E-state index < -0.39 is 5.91 Å². The zero-order valence-corrected chi connectivity index (χ0v) is 13.2. The highest BCUT2D eigenvalue weighted by Crippen LogP contribution is 2.23. The number of primary amides is 1. The normalized spacial score (nSPS) is 10.8. The van der Waals surface area contributed by atoms with E-state index in [9.17, 15) is 9.59 Å². The smallest absolute Gasteiger partial charge is 0.327 e. The van der Waals surface area contributed by atoms with Gasteiger partial charge in [-0.2, -0.15) is 5.10 Å². The molecule has 0 aliphatic carbocycles. The van der Waals surface area contributed by atoms with Crippen LogP contribution >= 0.6 is 15.9 Å². The summed E-state index contributed by atoms with van der Waals surface area (Å²) in [4.78, 5) is 23.2. The Kier molecular flexibility index (Phi) is 4.95. The van der Waals surface area contributed by atoms with Crippen LogP contribution in [-0.2, 0) is 16.1 Å². The maximum Gasteiger partial charge on any atom is 0.327 e. The minimum Gasteiger partial charge on any atom is -0.464 e. The number of nitrogens with two attached hydrogens (primary N) is 1. The lowest BCUT2D eigenvalue weighted by Gasteiger charge is -2.05. The second-order valence-corrected chi connectivity index (χ2v) is 5.52. The number of benzene rings is 1. The zero-order chi connectivity index (χ0) is 15.4. The van der Waals surface area contributed by atoms with Gasteiger partial charge in [0.25, 0.3) is 5.91 Å². The number of rotatable bonds is 6. The second kappa shape index (κ2) is 6.71. The fourth-order valence-electron chi connectivity index (χ4n) is 1.95. The van der Waals surface area contributed by atoms with Crippen molar-refractivity contribution in [1.29, 1.82) is 0 Å². The van der Waals surface area contributed by atoms with E-state index in [1.54, 1.807) is 12.1 Å². The van der Waals surface area contributed by atoms with Gasteiger partial charge in [0.1, 0.15) is 6.54 Å². The number of aromatic nitrogens is 2. The van der Waals surface area contributed by atoms with Gasteiger partial charge in [0.15, 0.2) is 5.69 Å². The fourth-order valence-corrected chi connectivity index (χ4v) is 2.31. The van der Waals surface area contributed by atoms with Crippen molar-refractivity contribution in [3.05, 3.63) is 28.4 Å². The van der Waals surface area contributed by atoms with Crippen LogP contribution in [-0.4, -0.2) is 28.3 Å². The lowest BCUT2D eigenvalue weighted by Crippen LogP contribution is -2.17. The van der Waals surface area contributed by atoms with Crippen LogP contribution in [0, 0.1) is 0 Å². The van der Waals surface area contributed by atoms with Crippen molar-refractivity contribution in [3.8, 4) is 0 Å². The highest BCUT2D eigenvalue weighted by Gasteiger charge is 2.17. The molecule has 0 unspecified atom stereocenters. The summed E-state index contributed by atoms with van der Waals surface area (Å²) in [6.45, 7) is 2.36. The minimum atomic E-state index is -0.629. The molecule has 0 saturated heterocycles. The van der Waals surface area contributed by atoms with Gasteiger partial charge in [-0.3, -0.25) is 14.3 Å².